The highest BCUT2D eigenvalue weighted by Crippen LogP contribution is 2.18. The fourth-order valence-corrected chi connectivity index (χ4v) is 3.68. The minimum atomic E-state index is -3.65. The van der Waals surface area contributed by atoms with Crippen molar-refractivity contribution in [2.24, 2.45) is 5.14 Å². The van der Waals surface area contributed by atoms with Crippen LogP contribution in [-0.4, -0.2) is 44.9 Å². The number of carbonyl (C=O) groups excluding carboxylic acids is 1. The van der Waals surface area contributed by atoms with E-state index in [0.717, 1.165) is 18.5 Å². The molecular formula is C17H27N3O3S. The molecule has 24 heavy (non-hydrogen) atoms. The summed E-state index contributed by atoms with van der Waals surface area (Å²) in [5.41, 5.74) is 0.965. The van der Waals surface area contributed by atoms with E-state index in [-0.39, 0.29) is 10.8 Å². The molecule has 1 unspecified atom stereocenters. The lowest BCUT2D eigenvalue weighted by molar-refractivity contribution is -0.123. The van der Waals surface area contributed by atoms with Gasteiger partial charge >= 0.3 is 0 Å². The second-order valence-electron chi connectivity index (χ2n) is 6.32. The molecule has 0 spiro atoms. The van der Waals surface area contributed by atoms with Crippen LogP contribution < -0.4 is 10.5 Å². The highest BCUT2D eigenvalue weighted by molar-refractivity contribution is 7.89. The van der Waals surface area contributed by atoms with Gasteiger partial charge in [-0.15, -0.1) is 0 Å². The van der Waals surface area contributed by atoms with Crippen LogP contribution in [-0.2, 0) is 21.2 Å². The first-order chi connectivity index (χ1) is 11.4. The molecule has 1 heterocycles. The van der Waals surface area contributed by atoms with Gasteiger partial charge in [0.1, 0.15) is 0 Å². The van der Waals surface area contributed by atoms with E-state index < -0.39 is 10.0 Å². The Hall–Kier alpha value is -1.44. The number of nitrogens with zero attached hydrogens (tertiary/aromatic N) is 1. The fourth-order valence-electron chi connectivity index (χ4n) is 3.16. The van der Waals surface area contributed by atoms with Gasteiger partial charge in [0, 0.05) is 12.6 Å². The zero-order chi connectivity index (χ0) is 17.6. The molecule has 7 heteroatoms. The maximum atomic E-state index is 12.1. The molecule has 1 amide bonds. The number of rotatable bonds is 7. The fraction of sp³-hybridized carbons (Fsp3) is 0.588. The van der Waals surface area contributed by atoms with Crippen LogP contribution in [0.4, 0.5) is 0 Å². The number of hydrogen-bond acceptors (Lipinski definition) is 4. The van der Waals surface area contributed by atoms with Gasteiger partial charge in [0.05, 0.1) is 11.4 Å². The van der Waals surface area contributed by atoms with Crippen molar-refractivity contribution < 1.29 is 13.2 Å². The van der Waals surface area contributed by atoms with E-state index in [1.807, 2.05) is 0 Å². The number of amides is 1. The summed E-state index contributed by atoms with van der Waals surface area (Å²) >= 11 is 0. The molecule has 1 saturated heterocycles. The minimum Gasteiger partial charge on any atom is -0.355 e. The SMILES string of the molecule is CCC1CCCCN1CC(=O)NCCc1ccc(S(N)(=O)=O)cc1. The molecule has 1 aromatic rings. The third kappa shape index (κ3) is 5.58. The molecule has 0 saturated carbocycles. The molecule has 1 aliphatic heterocycles. The van der Waals surface area contributed by atoms with Crippen LogP contribution in [0, 0.1) is 0 Å². The third-order valence-electron chi connectivity index (χ3n) is 4.55. The number of likely N-dealkylation sites (tertiary alicyclic amines) is 1. The van der Waals surface area contributed by atoms with Gasteiger partial charge in [-0.25, -0.2) is 13.6 Å². The molecule has 2 rings (SSSR count). The van der Waals surface area contributed by atoms with E-state index in [2.05, 4.69) is 17.1 Å². The predicted molar refractivity (Wildman–Crippen MR) is 94.0 cm³/mol. The van der Waals surface area contributed by atoms with Crippen molar-refractivity contribution in [2.75, 3.05) is 19.6 Å². The Morgan fingerprint density at radius 3 is 2.62 bits per heavy atom. The van der Waals surface area contributed by atoms with Gasteiger partial charge in [0.25, 0.3) is 0 Å². The van der Waals surface area contributed by atoms with E-state index >= 15 is 0 Å². The standard InChI is InChI=1S/C17H27N3O3S/c1-2-15-5-3-4-12-20(15)13-17(21)19-11-10-14-6-8-16(9-7-14)24(18,22)23/h6-9,15H,2-5,10-13H2,1H3,(H,19,21)(H2,18,22,23). The van der Waals surface area contributed by atoms with E-state index in [4.69, 9.17) is 5.14 Å². The van der Waals surface area contributed by atoms with Crippen LogP contribution in [0.3, 0.4) is 0 Å². The molecule has 0 aliphatic carbocycles. The largest absolute Gasteiger partial charge is 0.355 e. The first-order valence-electron chi connectivity index (χ1n) is 8.52. The predicted octanol–water partition coefficient (Wildman–Crippen LogP) is 1.26. The van der Waals surface area contributed by atoms with Crippen LogP contribution in [0.15, 0.2) is 29.2 Å². The molecule has 0 radical (unpaired) electrons. The Morgan fingerprint density at radius 2 is 2.00 bits per heavy atom. The van der Waals surface area contributed by atoms with Gasteiger partial charge in [-0.05, 0) is 49.9 Å². The van der Waals surface area contributed by atoms with Crippen molar-refractivity contribution in [3.8, 4) is 0 Å². The molecular weight excluding hydrogens is 326 g/mol. The van der Waals surface area contributed by atoms with Crippen molar-refractivity contribution in [1.29, 1.82) is 0 Å². The normalized spacial score (nSPS) is 19.2. The quantitative estimate of drug-likeness (QED) is 0.772. The molecule has 1 fully saturated rings. The summed E-state index contributed by atoms with van der Waals surface area (Å²) in [4.78, 5) is 14.5. The van der Waals surface area contributed by atoms with Crippen LogP contribution in [0.25, 0.3) is 0 Å². The second-order valence-corrected chi connectivity index (χ2v) is 7.88. The van der Waals surface area contributed by atoms with E-state index in [0.29, 0.717) is 25.6 Å². The van der Waals surface area contributed by atoms with Crippen LogP contribution in [0.5, 0.6) is 0 Å². The maximum Gasteiger partial charge on any atom is 0.238 e. The topological polar surface area (TPSA) is 92.5 Å². The molecule has 0 aromatic heterocycles. The number of nitrogens with two attached hydrogens (primary N) is 1. The molecule has 1 aliphatic rings. The van der Waals surface area contributed by atoms with Crippen molar-refractivity contribution in [3.05, 3.63) is 29.8 Å². The lowest BCUT2D eigenvalue weighted by atomic mass is 10.00. The Morgan fingerprint density at radius 1 is 1.29 bits per heavy atom. The number of carbonyl (C=O) groups is 1. The maximum absolute atomic E-state index is 12.1. The monoisotopic (exact) mass is 353 g/mol. The Bertz CT molecular complexity index is 644. The Labute approximate surface area is 144 Å². The van der Waals surface area contributed by atoms with E-state index in [1.54, 1.807) is 12.1 Å². The molecule has 3 N–H and O–H groups in total. The highest BCUT2D eigenvalue weighted by Gasteiger charge is 2.22. The number of primary sulfonamides is 1. The Kier molecular flexibility index (Phi) is 6.77. The minimum absolute atomic E-state index is 0.0523. The summed E-state index contributed by atoms with van der Waals surface area (Å²) in [6.45, 7) is 4.17. The van der Waals surface area contributed by atoms with Crippen molar-refractivity contribution >= 4 is 15.9 Å². The Balaban J connectivity index is 1.76. The lowest BCUT2D eigenvalue weighted by Crippen LogP contribution is -2.45. The summed E-state index contributed by atoms with van der Waals surface area (Å²) in [5, 5.41) is 8.01. The summed E-state index contributed by atoms with van der Waals surface area (Å²) in [6.07, 6.45) is 5.35. The van der Waals surface area contributed by atoms with Gasteiger partial charge in [0.2, 0.25) is 15.9 Å². The van der Waals surface area contributed by atoms with E-state index in [1.165, 1.54) is 31.4 Å². The second kappa shape index (κ2) is 8.60. The average molecular weight is 353 g/mol. The molecule has 6 nitrogen and oxygen atoms in total. The number of sulfonamides is 1. The van der Waals surface area contributed by atoms with Gasteiger partial charge in [-0.3, -0.25) is 9.69 Å². The summed E-state index contributed by atoms with van der Waals surface area (Å²) in [6, 6.07) is 6.96. The van der Waals surface area contributed by atoms with Gasteiger partial charge in [-0.2, -0.15) is 0 Å². The van der Waals surface area contributed by atoms with Crippen molar-refractivity contribution in [2.45, 2.75) is 50.0 Å². The molecule has 1 aromatic carbocycles. The van der Waals surface area contributed by atoms with Gasteiger partial charge in [-0.1, -0.05) is 25.5 Å². The number of piperidine rings is 1. The third-order valence-corrected chi connectivity index (χ3v) is 5.48. The molecule has 134 valence electrons. The first-order valence-corrected chi connectivity index (χ1v) is 10.1. The zero-order valence-electron chi connectivity index (χ0n) is 14.2. The zero-order valence-corrected chi connectivity index (χ0v) is 15.0. The van der Waals surface area contributed by atoms with Crippen LogP contribution >= 0.6 is 0 Å². The first kappa shape index (κ1) is 18.9. The van der Waals surface area contributed by atoms with Gasteiger partial charge in [0.15, 0.2) is 0 Å². The van der Waals surface area contributed by atoms with Crippen molar-refractivity contribution in [1.82, 2.24) is 10.2 Å². The summed E-state index contributed by atoms with van der Waals surface area (Å²) in [7, 11) is -3.65. The van der Waals surface area contributed by atoms with Crippen LogP contribution in [0.2, 0.25) is 0 Å². The molecule has 0 bridgehead atoms. The smallest absolute Gasteiger partial charge is 0.238 e. The number of benzene rings is 1. The molecule has 1 atom stereocenters. The summed E-state index contributed by atoms with van der Waals surface area (Å²) < 4.78 is 22.4. The van der Waals surface area contributed by atoms with Gasteiger partial charge < -0.3 is 5.32 Å². The number of nitrogens with one attached hydrogen (secondary N) is 1. The van der Waals surface area contributed by atoms with Crippen LogP contribution in [0.1, 0.15) is 38.2 Å². The highest BCUT2D eigenvalue weighted by atomic mass is 32.2. The summed E-state index contributed by atoms with van der Waals surface area (Å²) in [5.74, 6) is 0.0523. The lowest BCUT2D eigenvalue weighted by Gasteiger charge is -2.34. The van der Waals surface area contributed by atoms with E-state index in [9.17, 15) is 13.2 Å². The average Bonchev–Trinajstić information content (AvgIpc) is 2.55. The van der Waals surface area contributed by atoms with Crippen molar-refractivity contribution in [3.63, 3.8) is 0 Å². The number of hydrogen-bond donors (Lipinski definition) is 2.